The lowest BCUT2D eigenvalue weighted by molar-refractivity contribution is -0.380. The van der Waals surface area contributed by atoms with Crippen LogP contribution in [0.4, 0.5) is 0 Å². The summed E-state index contributed by atoms with van der Waals surface area (Å²) in [5.41, 5.74) is -0.782. The van der Waals surface area contributed by atoms with Gasteiger partial charge >= 0.3 is 5.97 Å². The number of hydrogen-bond donors (Lipinski definition) is 0. The van der Waals surface area contributed by atoms with E-state index in [-0.39, 0.29) is 52.9 Å². The maximum absolute atomic E-state index is 14.0. The summed E-state index contributed by atoms with van der Waals surface area (Å²) < 4.78 is 25.4. The molecule has 2 bridgehead atoms. The van der Waals surface area contributed by atoms with Gasteiger partial charge in [0.1, 0.15) is 5.78 Å². The maximum Gasteiger partial charge on any atom is 0.302 e. The van der Waals surface area contributed by atoms with Gasteiger partial charge < -0.3 is 18.9 Å². The molecule has 6 rings (SSSR count). The molecule has 2 spiro atoms. The molecule has 6 fully saturated rings. The zero-order valence-electron chi connectivity index (χ0n) is 19.4. The zero-order chi connectivity index (χ0) is 22.0. The van der Waals surface area contributed by atoms with Crippen LogP contribution >= 0.6 is 0 Å². The van der Waals surface area contributed by atoms with Crippen LogP contribution in [0.3, 0.4) is 0 Å². The summed E-state index contributed by atoms with van der Waals surface area (Å²) >= 11 is 0. The molecule has 0 aromatic rings. The van der Waals surface area contributed by atoms with Crippen LogP contribution in [0.25, 0.3) is 0 Å². The van der Waals surface area contributed by atoms with Gasteiger partial charge in [-0.15, -0.1) is 0 Å². The molecule has 0 amide bonds. The molecular weight excluding hydrogens is 396 g/mol. The van der Waals surface area contributed by atoms with E-state index in [2.05, 4.69) is 13.8 Å². The summed E-state index contributed by atoms with van der Waals surface area (Å²) in [6.07, 6.45) is 4.76. The third-order valence-corrected chi connectivity index (χ3v) is 10.3. The molecule has 0 aromatic heterocycles. The molecule has 1 unspecified atom stereocenters. The fourth-order valence-electron chi connectivity index (χ4n) is 9.40. The quantitative estimate of drug-likeness (QED) is 0.622. The summed E-state index contributed by atoms with van der Waals surface area (Å²) in [5.74, 6) is 0.0628. The number of hydrogen-bond acceptors (Lipinski definition) is 6. The molecule has 6 heteroatoms. The van der Waals surface area contributed by atoms with Gasteiger partial charge in [0.2, 0.25) is 0 Å². The highest BCUT2D eigenvalue weighted by atomic mass is 16.7. The first-order valence-electron chi connectivity index (χ1n) is 12.2. The number of carbonyl (C=O) groups is 2. The Hall–Kier alpha value is -0.980. The lowest BCUT2D eigenvalue weighted by atomic mass is 9.39. The molecule has 4 aliphatic carbocycles. The molecule has 2 heterocycles. The number of carbonyl (C=O) groups excluding carboxylic acids is 2. The van der Waals surface area contributed by atoms with Crippen molar-refractivity contribution in [2.24, 2.45) is 39.9 Å². The Balaban J connectivity index is 1.50. The normalized spacial score (nSPS) is 56.0. The Kier molecular flexibility index (Phi) is 4.07. The topological polar surface area (TPSA) is 71.1 Å². The molecule has 0 aromatic carbocycles. The fraction of sp³-hybridized carbons (Fsp3) is 0.920. The lowest BCUT2D eigenvalue weighted by Gasteiger charge is -2.67. The van der Waals surface area contributed by atoms with E-state index in [1.165, 1.54) is 6.92 Å². The van der Waals surface area contributed by atoms with E-state index in [9.17, 15) is 9.59 Å². The number of esters is 1. The molecule has 0 N–H and O–H groups in total. The molecule has 10 atom stereocenters. The summed E-state index contributed by atoms with van der Waals surface area (Å²) in [6, 6.07) is 0. The van der Waals surface area contributed by atoms with Crippen molar-refractivity contribution < 1.29 is 28.5 Å². The average molecular weight is 433 g/mol. The van der Waals surface area contributed by atoms with Crippen molar-refractivity contribution in [2.45, 2.75) is 90.8 Å². The van der Waals surface area contributed by atoms with Crippen molar-refractivity contribution in [2.75, 3.05) is 13.2 Å². The van der Waals surface area contributed by atoms with Gasteiger partial charge in [0.05, 0.1) is 36.9 Å². The van der Waals surface area contributed by atoms with E-state index in [0.29, 0.717) is 24.9 Å². The summed E-state index contributed by atoms with van der Waals surface area (Å²) in [6.45, 7) is 11.0. The van der Waals surface area contributed by atoms with Gasteiger partial charge in [0, 0.05) is 29.6 Å². The van der Waals surface area contributed by atoms with Gasteiger partial charge in [0.25, 0.3) is 0 Å². The van der Waals surface area contributed by atoms with Crippen LogP contribution in [0.2, 0.25) is 0 Å². The highest BCUT2D eigenvalue weighted by Gasteiger charge is 2.82. The predicted molar refractivity (Wildman–Crippen MR) is 111 cm³/mol. The first kappa shape index (κ1) is 20.6. The highest BCUT2D eigenvalue weighted by Crippen LogP contribution is 2.76. The number of ether oxygens (including phenoxy) is 4. The number of Topliss-reactive ketones (excluding diaryl/α,β-unsaturated/α-hetero) is 1. The minimum atomic E-state index is -0.700. The summed E-state index contributed by atoms with van der Waals surface area (Å²) in [7, 11) is 0. The zero-order valence-corrected chi connectivity index (χ0v) is 19.4. The Bertz CT molecular complexity index is 838. The minimum absolute atomic E-state index is 0.0104. The van der Waals surface area contributed by atoms with Gasteiger partial charge in [-0.05, 0) is 51.4 Å². The summed E-state index contributed by atoms with van der Waals surface area (Å²) in [5, 5.41) is 0. The molecule has 2 saturated heterocycles. The molecule has 4 saturated carbocycles. The van der Waals surface area contributed by atoms with E-state index in [1.54, 1.807) is 0 Å². The van der Waals surface area contributed by atoms with Crippen molar-refractivity contribution in [1.29, 1.82) is 0 Å². The molecule has 2 aliphatic heterocycles. The fourth-order valence-corrected chi connectivity index (χ4v) is 9.40. The van der Waals surface area contributed by atoms with Crippen LogP contribution in [0.5, 0.6) is 0 Å². The molecule has 172 valence electrons. The second-order valence-corrected chi connectivity index (χ2v) is 12.2. The van der Waals surface area contributed by atoms with Crippen molar-refractivity contribution in [3.05, 3.63) is 0 Å². The number of ketones is 1. The lowest BCUT2D eigenvalue weighted by Crippen LogP contribution is -2.73. The Morgan fingerprint density at radius 1 is 1.16 bits per heavy atom. The van der Waals surface area contributed by atoms with Crippen LogP contribution in [0, 0.1) is 39.9 Å². The van der Waals surface area contributed by atoms with Crippen LogP contribution in [-0.2, 0) is 28.5 Å². The van der Waals surface area contributed by atoms with Crippen LogP contribution in [0.15, 0.2) is 0 Å². The van der Waals surface area contributed by atoms with Gasteiger partial charge in [0.15, 0.2) is 5.79 Å². The van der Waals surface area contributed by atoms with Gasteiger partial charge in [-0.25, -0.2) is 0 Å². The van der Waals surface area contributed by atoms with Crippen LogP contribution < -0.4 is 0 Å². The molecule has 6 nitrogen and oxygen atoms in total. The van der Waals surface area contributed by atoms with E-state index in [4.69, 9.17) is 18.9 Å². The first-order valence-corrected chi connectivity index (χ1v) is 12.2. The smallest absolute Gasteiger partial charge is 0.302 e. The van der Waals surface area contributed by atoms with E-state index >= 15 is 0 Å². The van der Waals surface area contributed by atoms with E-state index in [0.717, 1.165) is 32.1 Å². The standard InChI is InChI=1S/C25H36O6/c1-13-15-9-16-19-24(12-29-16)8-6-7-23(5,11-28-14(2)26)17(24)10-18-25(19,20(13)27)21(15)31-22(3,4)30-18/h13,15-19,21H,6-12H2,1-5H3/t13-,15+,16-,17-,18-,19+,21-,23+,24+,25?/m1/s1. The minimum Gasteiger partial charge on any atom is -0.465 e. The molecular formula is C25H36O6. The molecule has 31 heavy (non-hydrogen) atoms. The van der Waals surface area contributed by atoms with Gasteiger partial charge in [-0.2, -0.15) is 0 Å². The first-order chi connectivity index (χ1) is 14.6. The van der Waals surface area contributed by atoms with E-state index < -0.39 is 11.2 Å². The Labute approximate surface area is 184 Å². The Morgan fingerprint density at radius 2 is 1.94 bits per heavy atom. The number of rotatable bonds is 2. The van der Waals surface area contributed by atoms with Crippen molar-refractivity contribution >= 4 is 11.8 Å². The van der Waals surface area contributed by atoms with Crippen LogP contribution in [-0.4, -0.2) is 49.1 Å². The van der Waals surface area contributed by atoms with Gasteiger partial charge in [-0.1, -0.05) is 20.3 Å². The van der Waals surface area contributed by atoms with Crippen molar-refractivity contribution in [3.63, 3.8) is 0 Å². The second kappa shape index (κ2) is 6.12. The maximum atomic E-state index is 14.0. The van der Waals surface area contributed by atoms with Crippen molar-refractivity contribution in [1.82, 2.24) is 0 Å². The summed E-state index contributed by atoms with van der Waals surface area (Å²) in [4.78, 5) is 25.7. The largest absolute Gasteiger partial charge is 0.465 e. The molecule has 0 radical (unpaired) electrons. The monoisotopic (exact) mass is 432 g/mol. The van der Waals surface area contributed by atoms with Crippen molar-refractivity contribution in [3.8, 4) is 0 Å². The average Bonchev–Trinajstić information content (AvgIpc) is 3.12. The Morgan fingerprint density at radius 3 is 2.68 bits per heavy atom. The SMILES string of the molecule is CC(=O)OC[C@]1(C)CCC[C@]23CO[C@@H]4C[C@@H]5[C@H]6OC(C)(C)O[C@H](C[C@H]12)C6(C(=O)[C@@H]5C)[C@@H]43. The third-order valence-electron chi connectivity index (χ3n) is 10.3. The second-order valence-electron chi connectivity index (χ2n) is 12.2. The van der Waals surface area contributed by atoms with E-state index in [1.807, 2.05) is 13.8 Å². The predicted octanol–water partition coefficient (Wildman–Crippen LogP) is 3.51. The van der Waals surface area contributed by atoms with Crippen LogP contribution in [0.1, 0.15) is 66.7 Å². The highest BCUT2D eigenvalue weighted by molar-refractivity contribution is 5.92. The third kappa shape index (κ3) is 2.35. The van der Waals surface area contributed by atoms with Gasteiger partial charge in [-0.3, -0.25) is 9.59 Å². The molecule has 6 aliphatic rings.